The summed E-state index contributed by atoms with van der Waals surface area (Å²) in [6.45, 7) is 1.04. The predicted molar refractivity (Wildman–Crippen MR) is 94.9 cm³/mol. The molecular weight excluding hydrogens is 336 g/mol. The molecule has 1 atom stereocenters. The second-order valence-corrected chi connectivity index (χ2v) is 8.02. The van der Waals surface area contributed by atoms with Crippen LogP contribution in [-0.4, -0.2) is 63.3 Å². The van der Waals surface area contributed by atoms with E-state index < -0.39 is 9.84 Å². The Morgan fingerprint density at radius 3 is 2.57 bits per heavy atom. The molecular formula is C15H22N2O4S2. The first-order valence-corrected chi connectivity index (χ1v) is 9.59. The van der Waals surface area contributed by atoms with Crippen LogP contribution in [0.5, 0.6) is 5.75 Å². The molecule has 1 N–H and O–H groups in total. The number of methoxy groups -OCH3 is 2. The topological polar surface area (TPSA) is 67.9 Å². The Hall–Kier alpha value is -1.38. The van der Waals surface area contributed by atoms with Gasteiger partial charge in [0, 0.05) is 25.4 Å². The van der Waals surface area contributed by atoms with Crippen molar-refractivity contribution in [2.24, 2.45) is 0 Å². The highest BCUT2D eigenvalue weighted by Gasteiger charge is 2.33. The van der Waals surface area contributed by atoms with Gasteiger partial charge in [0.15, 0.2) is 14.9 Å². The van der Waals surface area contributed by atoms with E-state index in [9.17, 15) is 8.42 Å². The summed E-state index contributed by atoms with van der Waals surface area (Å²) in [6, 6.07) is 7.30. The summed E-state index contributed by atoms with van der Waals surface area (Å²) >= 11 is 5.48. The molecule has 2 rings (SSSR count). The Balaban J connectivity index is 2.06. The molecule has 23 heavy (non-hydrogen) atoms. The molecule has 0 radical (unpaired) electrons. The van der Waals surface area contributed by atoms with Crippen molar-refractivity contribution in [1.82, 2.24) is 4.90 Å². The smallest absolute Gasteiger partial charge is 0.173 e. The van der Waals surface area contributed by atoms with Gasteiger partial charge in [0.2, 0.25) is 0 Å². The van der Waals surface area contributed by atoms with Gasteiger partial charge in [0.25, 0.3) is 0 Å². The number of sulfone groups is 1. The zero-order chi connectivity index (χ0) is 16.9. The SMILES string of the molecule is COCCN(C(=S)Nc1ccc(OC)cc1)[C@H]1CCS(=O)(=O)C1. The first-order chi connectivity index (χ1) is 10.9. The number of benzene rings is 1. The molecule has 0 saturated carbocycles. The molecule has 0 amide bonds. The molecule has 1 saturated heterocycles. The molecule has 1 aliphatic heterocycles. The largest absolute Gasteiger partial charge is 0.497 e. The summed E-state index contributed by atoms with van der Waals surface area (Å²) in [5.41, 5.74) is 0.832. The van der Waals surface area contributed by atoms with Crippen LogP contribution in [0.25, 0.3) is 0 Å². The third-order valence-electron chi connectivity index (χ3n) is 3.79. The first kappa shape index (κ1) is 18.0. The highest BCUT2D eigenvalue weighted by molar-refractivity contribution is 7.91. The first-order valence-electron chi connectivity index (χ1n) is 7.36. The van der Waals surface area contributed by atoms with Crippen molar-refractivity contribution in [1.29, 1.82) is 0 Å². The highest BCUT2D eigenvalue weighted by atomic mass is 32.2. The minimum Gasteiger partial charge on any atom is -0.497 e. The third kappa shape index (κ3) is 5.05. The summed E-state index contributed by atoms with van der Waals surface area (Å²) < 4.78 is 33.7. The number of anilines is 1. The van der Waals surface area contributed by atoms with Crippen LogP contribution in [0.15, 0.2) is 24.3 Å². The molecule has 128 valence electrons. The Morgan fingerprint density at radius 1 is 1.35 bits per heavy atom. The molecule has 1 aromatic rings. The zero-order valence-corrected chi connectivity index (χ0v) is 15.0. The fraction of sp³-hybridized carbons (Fsp3) is 0.533. The predicted octanol–water partition coefficient (Wildman–Crippen LogP) is 1.53. The van der Waals surface area contributed by atoms with Crippen molar-refractivity contribution in [2.45, 2.75) is 12.5 Å². The van der Waals surface area contributed by atoms with Gasteiger partial charge in [-0.1, -0.05) is 0 Å². The van der Waals surface area contributed by atoms with Crippen LogP contribution >= 0.6 is 12.2 Å². The van der Waals surface area contributed by atoms with E-state index in [1.807, 2.05) is 29.2 Å². The van der Waals surface area contributed by atoms with Crippen LogP contribution in [0.2, 0.25) is 0 Å². The molecule has 1 fully saturated rings. The number of hydrogen-bond donors (Lipinski definition) is 1. The lowest BCUT2D eigenvalue weighted by molar-refractivity contribution is 0.166. The summed E-state index contributed by atoms with van der Waals surface area (Å²) in [6.07, 6.45) is 0.594. The fourth-order valence-corrected chi connectivity index (χ4v) is 4.62. The van der Waals surface area contributed by atoms with E-state index >= 15 is 0 Å². The average molecular weight is 358 g/mol. The van der Waals surface area contributed by atoms with Gasteiger partial charge < -0.3 is 19.7 Å². The standard InChI is InChI=1S/C15H22N2O4S2/c1-20-9-8-17(13-7-10-23(18,19)11-13)15(22)16-12-3-5-14(21-2)6-4-12/h3-6,13H,7-11H2,1-2H3,(H,16,22)/t13-/m0/s1. The van der Waals surface area contributed by atoms with E-state index in [1.54, 1.807) is 14.2 Å². The maximum atomic E-state index is 11.7. The summed E-state index contributed by atoms with van der Waals surface area (Å²) in [5, 5.41) is 3.67. The molecule has 1 aromatic carbocycles. The molecule has 0 bridgehead atoms. The lowest BCUT2D eigenvalue weighted by atomic mass is 10.2. The molecule has 8 heteroatoms. The maximum absolute atomic E-state index is 11.7. The summed E-state index contributed by atoms with van der Waals surface area (Å²) in [5.74, 6) is 1.12. The lowest BCUT2D eigenvalue weighted by Crippen LogP contribution is -2.45. The van der Waals surface area contributed by atoms with Crippen molar-refractivity contribution in [3.8, 4) is 5.75 Å². The fourth-order valence-electron chi connectivity index (χ4n) is 2.53. The van der Waals surface area contributed by atoms with Crippen LogP contribution in [0, 0.1) is 0 Å². The van der Waals surface area contributed by atoms with Crippen LogP contribution in [-0.2, 0) is 14.6 Å². The van der Waals surface area contributed by atoms with Crippen LogP contribution in [0.1, 0.15) is 6.42 Å². The van der Waals surface area contributed by atoms with E-state index in [0.717, 1.165) is 11.4 Å². The summed E-state index contributed by atoms with van der Waals surface area (Å²) in [4.78, 5) is 1.91. The Kier molecular flexibility index (Phi) is 6.20. The second kappa shape index (κ2) is 7.94. The molecule has 0 spiro atoms. The number of nitrogens with one attached hydrogen (secondary N) is 1. The normalized spacial score (nSPS) is 19.3. The van der Waals surface area contributed by atoms with Crippen LogP contribution < -0.4 is 10.1 Å². The Labute approximate surface area is 142 Å². The van der Waals surface area contributed by atoms with Crippen LogP contribution in [0.4, 0.5) is 5.69 Å². The minimum absolute atomic E-state index is 0.103. The monoisotopic (exact) mass is 358 g/mol. The molecule has 0 unspecified atom stereocenters. The third-order valence-corrected chi connectivity index (χ3v) is 5.87. The maximum Gasteiger partial charge on any atom is 0.173 e. The molecule has 1 aliphatic rings. The number of thiocarbonyl (C=S) groups is 1. The van der Waals surface area contributed by atoms with Gasteiger partial charge in [-0.15, -0.1) is 0 Å². The Morgan fingerprint density at radius 2 is 2.04 bits per heavy atom. The number of hydrogen-bond acceptors (Lipinski definition) is 5. The van der Waals surface area contributed by atoms with Crippen molar-refractivity contribution in [3.63, 3.8) is 0 Å². The second-order valence-electron chi connectivity index (χ2n) is 5.40. The van der Waals surface area contributed by atoms with E-state index in [2.05, 4.69) is 5.32 Å². The van der Waals surface area contributed by atoms with Gasteiger partial charge in [-0.25, -0.2) is 8.42 Å². The van der Waals surface area contributed by atoms with Gasteiger partial charge in [-0.3, -0.25) is 0 Å². The van der Waals surface area contributed by atoms with E-state index in [0.29, 0.717) is 24.7 Å². The summed E-state index contributed by atoms with van der Waals surface area (Å²) in [7, 11) is 0.258. The van der Waals surface area contributed by atoms with Crippen molar-refractivity contribution in [3.05, 3.63) is 24.3 Å². The van der Waals surface area contributed by atoms with Crippen molar-refractivity contribution >= 4 is 32.9 Å². The molecule has 6 nitrogen and oxygen atoms in total. The molecule has 0 aliphatic carbocycles. The number of ether oxygens (including phenoxy) is 2. The minimum atomic E-state index is -2.97. The molecule has 1 heterocycles. The molecule has 0 aromatic heterocycles. The lowest BCUT2D eigenvalue weighted by Gasteiger charge is -2.30. The van der Waals surface area contributed by atoms with Gasteiger partial charge in [-0.05, 0) is 42.9 Å². The van der Waals surface area contributed by atoms with E-state index in [-0.39, 0.29) is 17.5 Å². The number of rotatable bonds is 6. The van der Waals surface area contributed by atoms with E-state index in [4.69, 9.17) is 21.7 Å². The van der Waals surface area contributed by atoms with Gasteiger partial charge in [0.1, 0.15) is 5.75 Å². The van der Waals surface area contributed by atoms with Gasteiger partial charge in [-0.2, -0.15) is 0 Å². The van der Waals surface area contributed by atoms with Gasteiger partial charge in [0.05, 0.1) is 25.2 Å². The Bertz CT molecular complexity index is 631. The highest BCUT2D eigenvalue weighted by Crippen LogP contribution is 2.20. The number of nitrogens with zero attached hydrogens (tertiary/aromatic N) is 1. The van der Waals surface area contributed by atoms with Gasteiger partial charge >= 0.3 is 0 Å². The van der Waals surface area contributed by atoms with E-state index in [1.165, 1.54) is 0 Å². The van der Waals surface area contributed by atoms with Crippen molar-refractivity contribution in [2.75, 3.05) is 44.2 Å². The van der Waals surface area contributed by atoms with Crippen LogP contribution in [0.3, 0.4) is 0 Å². The zero-order valence-electron chi connectivity index (χ0n) is 13.3. The average Bonchev–Trinajstić information content (AvgIpc) is 2.88. The quantitative estimate of drug-likeness (QED) is 0.774. The van der Waals surface area contributed by atoms with Crippen molar-refractivity contribution < 1.29 is 17.9 Å².